The van der Waals surface area contributed by atoms with Crippen LogP contribution in [-0.4, -0.2) is 45.1 Å². The fourth-order valence-corrected chi connectivity index (χ4v) is 5.77. The first-order chi connectivity index (χ1) is 15.2. The van der Waals surface area contributed by atoms with E-state index < -0.39 is 0 Å². The second-order valence-electron chi connectivity index (χ2n) is 8.56. The number of carbonyl (C=O) groups is 1. The lowest BCUT2D eigenvalue weighted by Crippen LogP contribution is -2.34. The van der Waals surface area contributed by atoms with E-state index in [-0.39, 0.29) is 11.6 Å². The molecule has 0 bridgehead atoms. The van der Waals surface area contributed by atoms with Crippen molar-refractivity contribution in [2.45, 2.75) is 51.0 Å². The molecule has 31 heavy (non-hydrogen) atoms. The zero-order valence-corrected chi connectivity index (χ0v) is 18.4. The largest absolute Gasteiger partial charge is 0.310 e. The Bertz CT molecular complexity index is 1050. The van der Waals surface area contributed by atoms with Gasteiger partial charge in [-0.3, -0.25) is 4.79 Å². The van der Waals surface area contributed by atoms with Crippen LogP contribution >= 0.6 is 11.3 Å². The number of aromatic nitrogens is 3. The molecule has 2 aliphatic heterocycles. The SMILES string of the molecule is O=C(CCCN1CCC(c2nnc3n2CCCc2ccsc2-3)CC1)c1ccc(F)cc1. The first-order valence-electron chi connectivity index (χ1n) is 11.2. The molecule has 0 amide bonds. The van der Waals surface area contributed by atoms with Crippen LogP contribution in [0.2, 0.25) is 0 Å². The minimum absolute atomic E-state index is 0.0917. The number of nitrogens with zero attached hydrogens (tertiary/aromatic N) is 4. The number of aryl methyl sites for hydroxylation is 1. The molecule has 5 nitrogen and oxygen atoms in total. The molecule has 2 aromatic heterocycles. The van der Waals surface area contributed by atoms with Crippen LogP contribution in [0.4, 0.5) is 4.39 Å². The minimum atomic E-state index is -0.306. The number of ketones is 1. The molecule has 0 radical (unpaired) electrons. The summed E-state index contributed by atoms with van der Waals surface area (Å²) >= 11 is 1.77. The van der Waals surface area contributed by atoms with Crippen molar-refractivity contribution >= 4 is 17.1 Å². The van der Waals surface area contributed by atoms with Crippen LogP contribution in [0.25, 0.3) is 10.7 Å². The predicted octanol–water partition coefficient (Wildman–Crippen LogP) is 4.93. The van der Waals surface area contributed by atoms with Crippen molar-refractivity contribution in [2.24, 2.45) is 0 Å². The van der Waals surface area contributed by atoms with Gasteiger partial charge in [-0.25, -0.2) is 4.39 Å². The lowest BCUT2D eigenvalue weighted by molar-refractivity contribution is 0.0972. The maximum Gasteiger partial charge on any atom is 0.174 e. The molecule has 4 heterocycles. The molecule has 7 heteroatoms. The zero-order valence-electron chi connectivity index (χ0n) is 17.6. The van der Waals surface area contributed by atoms with Crippen molar-refractivity contribution in [2.75, 3.05) is 19.6 Å². The van der Waals surface area contributed by atoms with Gasteiger partial charge in [-0.15, -0.1) is 21.5 Å². The van der Waals surface area contributed by atoms with E-state index in [4.69, 9.17) is 0 Å². The molecular formula is C24H27FN4OS. The number of thiophene rings is 1. The number of fused-ring (bicyclic) bond motifs is 3. The van der Waals surface area contributed by atoms with Gasteiger partial charge in [-0.1, -0.05) is 0 Å². The highest BCUT2D eigenvalue weighted by atomic mass is 32.1. The lowest BCUT2D eigenvalue weighted by Gasteiger charge is -2.31. The molecule has 0 saturated carbocycles. The standard InChI is InChI=1S/C24H27FN4OS/c25-20-7-5-17(6-8-20)21(30)4-2-12-28-14-9-19(10-15-28)23-26-27-24-22-18(11-16-31-22)3-1-13-29(23)24/h5-8,11,16,19H,1-4,9-10,12-15H2. The summed E-state index contributed by atoms with van der Waals surface area (Å²) in [5.41, 5.74) is 2.01. The Labute approximate surface area is 185 Å². The van der Waals surface area contributed by atoms with Gasteiger partial charge < -0.3 is 9.47 Å². The molecule has 2 aliphatic rings. The van der Waals surface area contributed by atoms with Crippen molar-refractivity contribution in [1.82, 2.24) is 19.7 Å². The number of halogens is 1. The number of benzene rings is 1. The van der Waals surface area contributed by atoms with Gasteiger partial charge in [-0.05, 0) is 93.0 Å². The highest BCUT2D eigenvalue weighted by Gasteiger charge is 2.28. The molecule has 0 atom stereocenters. The number of rotatable bonds is 6. The second kappa shape index (κ2) is 9.01. The summed E-state index contributed by atoms with van der Waals surface area (Å²) in [7, 11) is 0. The van der Waals surface area contributed by atoms with Gasteiger partial charge >= 0.3 is 0 Å². The van der Waals surface area contributed by atoms with E-state index in [1.54, 1.807) is 23.5 Å². The van der Waals surface area contributed by atoms with Gasteiger partial charge in [0.25, 0.3) is 0 Å². The fourth-order valence-electron chi connectivity index (χ4n) is 4.82. The molecule has 5 rings (SSSR count). The van der Waals surface area contributed by atoms with Crippen molar-refractivity contribution in [3.05, 3.63) is 58.5 Å². The summed E-state index contributed by atoms with van der Waals surface area (Å²) in [5, 5.41) is 11.4. The highest BCUT2D eigenvalue weighted by Crippen LogP contribution is 2.35. The zero-order chi connectivity index (χ0) is 21.2. The number of piperidine rings is 1. The van der Waals surface area contributed by atoms with E-state index in [9.17, 15) is 9.18 Å². The van der Waals surface area contributed by atoms with Crippen molar-refractivity contribution in [3.63, 3.8) is 0 Å². The van der Waals surface area contributed by atoms with Crippen LogP contribution in [0.3, 0.4) is 0 Å². The average molecular weight is 439 g/mol. The lowest BCUT2D eigenvalue weighted by atomic mass is 9.95. The topological polar surface area (TPSA) is 51.0 Å². The van der Waals surface area contributed by atoms with Gasteiger partial charge in [0.2, 0.25) is 0 Å². The Morgan fingerprint density at radius 1 is 1.10 bits per heavy atom. The van der Waals surface area contributed by atoms with Crippen molar-refractivity contribution in [1.29, 1.82) is 0 Å². The van der Waals surface area contributed by atoms with Gasteiger partial charge in [0.15, 0.2) is 11.6 Å². The predicted molar refractivity (Wildman–Crippen MR) is 120 cm³/mol. The summed E-state index contributed by atoms with van der Waals surface area (Å²) in [4.78, 5) is 16.0. The highest BCUT2D eigenvalue weighted by molar-refractivity contribution is 7.13. The third kappa shape index (κ3) is 4.34. The number of hydrogen-bond acceptors (Lipinski definition) is 5. The summed E-state index contributed by atoms with van der Waals surface area (Å²) in [6.45, 7) is 3.99. The van der Waals surface area contributed by atoms with E-state index in [1.807, 2.05) is 0 Å². The quantitative estimate of drug-likeness (QED) is 0.512. The van der Waals surface area contributed by atoms with Crippen LogP contribution in [0.1, 0.15) is 59.8 Å². The number of carbonyl (C=O) groups excluding carboxylic acids is 1. The summed E-state index contributed by atoms with van der Waals surface area (Å²) < 4.78 is 15.4. The van der Waals surface area contributed by atoms with E-state index in [0.717, 1.165) is 69.9 Å². The first kappa shape index (κ1) is 20.5. The maximum absolute atomic E-state index is 13.0. The summed E-state index contributed by atoms with van der Waals surface area (Å²) in [6, 6.07) is 8.07. The van der Waals surface area contributed by atoms with Crippen LogP contribution < -0.4 is 0 Å². The second-order valence-corrected chi connectivity index (χ2v) is 9.48. The molecular weight excluding hydrogens is 411 g/mol. The van der Waals surface area contributed by atoms with Crippen LogP contribution in [0.15, 0.2) is 35.7 Å². The molecule has 162 valence electrons. The fraction of sp³-hybridized carbons (Fsp3) is 0.458. The molecule has 0 unspecified atom stereocenters. The van der Waals surface area contributed by atoms with Gasteiger partial charge in [0, 0.05) is 24.4 Å². The number of Topliss-reactive ketones (excluding diaryl/α,β-unsaturated/α-hetero) is 1. The monoisotopic (exact) mass is 438 g/mol. The van der Waals surface area contributed by atoms with Crippen molar-refractivity contribution in [3.8, 4) is 10.7 Å². The number of hydrogen-bond donors (Lipinski definition) is 0. The summed E-state index contributed by atoms with van der Waals surface area (Å²) in [6.07, 6.45) is 5.77. The third-order valence-electron chi connectivity index (χ3n) is 6.55. The van der Waals surface area contributed by atoms with Crippen LogP contribution in [-0.2, 0) is 13.0 Å². The van der Waals surface area contributed by atoms with Crippen molar-refractivity contribution < 1.29 is 9.18 Å². The Morgan fingerprint density at radius 3 is 2.71 bits per heavy atom. The van der Waals surface area contributed by atoms with Gasteiger partial charge in [0.05, 0.1) is 4.88 Å². The van der Waals surface area contributed by atoms with E-state index in [1.165, 1.54) is 22.6 Å². The normalized spacial score (nSPS) is 17.2. The van der Waals surface area contributed by atoms with Gasteiger partial charge in [-0.2, -0.15) is 0 Å². The Kier molecular flexibility index (Phi) is 5.96. The molecule has 0 aliphatic carbocycles. The first-order valence-corrected chi connectivity index (χ1v) is 12.1. The number of likely N-dealkylation sites (tertiary alicyclic amines) is 1. The third-order valence-corrected chi connectivity index (χ3v) is 7.51. The Morgan fingerprint density at radius 2 is 1.90 bits per heavy atom. The molecule has 0 N–H and O–H groups in total. The van der Waals surface area contributed by atoms with E-state index in [2.05, 4.69) is 31.1 Å². The molecule has 1 fully saturated rings. The molecule has 3 aromatic rings. The maximum atomic E-state index is 13.0. The van der Waals surface area contributed by atoms with Gasteiger partial charge in [0.1, 0.15) is 11.6 Å². The molecule has 0 spiro atoms. The van der Waals surface area contributed by atoms with Crippen LogP contribution in [0.5, 0.6) is 0 Å². The average Bonchev–Trinajstić information content (AvgIpc) is 3.38. The van der Waals surface area contributed by atoms with E-state index in [0.29, 0.717) is 17.9 Å². The minimum Gasteiger partial charge on any atom is -0.310 e. The van der Waals surface area contributed by atoms with E-state index >= 15 is 0 Å². The molecule has 1 aromatic carbocycles. The Hall–Kier alpha value is -2.38. The Balaban J connectivity index is 1.14. The smallest absolute Gasteiger partial charge is 0.174 e. The molecule has 1 saturated heterocycles. The summed E-state index contributed by atoms with van der Waals surface area (Å²) in [5.74, 6) is 2.45. The van der Waals surface area contributed by atoms with Crippen LogP contribution in [0, 0.1) is 5.82 Å².